The molecule has 0 amide bonds. The summed E-state index contributed by atoms with van der Waals surface area (Å²) in [6.07, 6.45) is 10.2. The lowest BCUT2D eigenvalue weighted by Gasteiger charge is -2.14. The lowest BCUT2D eigenvalue weighted by atomic mass is 9.96. The predicted octanol–water partition coefficient (Wildman–Crippen LogP) is 6.36. The monoisotopic (exact) mass is 413 g/mol. The lowest BCUT2D eigenvalue weighted by molar-refractivity contribution is 0.114. The van der Waals surface area contributed by atoms with E-state index in [1.165, 1.54) is 65.1 Å². The number of methoxy groups -OCH3 is 1. The lowest BCUT2D eigenvalue weighted by Crippen LogP contribution is -2.20. The highest BCUT2D eigenvalue weighted by Gasteiger charge is 2.15. The van der Waals surface area contributed by atoms with Gasteiger partial charge in [-0.05, 0) is 50.3 Å². The summed E-state index contributed by atoms with van der Waals surface area (Å²) in [6.45, 7) is 3.34. The van der Waals surface area contributed by atoms with Gasteiger partial charge in [0.25, 0.3) is 0 Å². The molecule has 0 aliphatic carbocycles. The van der Waals surface area contributed by atoms with Crippen LogP contribution in [-0.4, -0.2) is 26.8 Å². The molecule has 0 bridgehead atoms. The maximum Gasteiger partial charge on any atom is 0.171 e. The zero-order valence-electron chi connectivity index (χ0n) is 18.3. The summed E-state index contributed by atoms with van der Waals surface area (Å²) in [7, 11) is 1.51. The maximum atomic E-state index is 14.9. The van der Waals surface area contributed by atoms with Gasteiger partial charge in [0.15, 0.2) is 11.6 Å². The van der Waals surface area contributed by atoms with Gasteiger partial charge in [0.1, 0.15) is 0 Å². The number of rotatable bonds is 11. The van der Waals surface area contributed by atoms with Crippen molar-refractivity contribution in [1.82, 2.24) is 5.32 Å². The number of ether oxygens (including phenoxy) is 2. The second kappa shape index (κ2) is 12.7. The summed E-state index contributed by atoms with van der Waals surface area (Å²) in [5.41, 5.74) is 2.26. The molecule has 1 unspecified atom stereocenters. The number of halogens is 1. The Morgan fingerprint density at radius 2 is 1.83 bits per heavy atom. The van der Waals surface area contributed by atoms with Crippen LogP contribution in [0.2, 0.25) is 0 Å². The molecule has 2 aromatic carbocycles. The Bertz CT molecular complexity index is 742. The molecule has 30 heavy (non-hydrogen) atoms. The summed E-state index contributed by atoms with van der Waals surface area (Å²) in [5.74, 6) is 0.826. The molecule has 0 aromatic heterocycles. The zero-order chi connectivity index (χ0) is 21.0. The second-order valence-corrected chi connectivity index (χ2v) is 8.31. The van der Waals surface area contributed by atoms with Crippen molar-refractivity contribution in [2.75, 3.05) is 26.8 Å². The number of hydrogen-bond acceptors (Lipinski definition) is 3. The molecule has 3 rings (SSSR count). The summed E-state index contributed by atoms with van der Waals surface area (Å²) in [6, 6.07) is 13.5. The Hall–Kier alpha value is -1.91. The van der Waals surface area contributed by atoms with Crippen molar-refractivity contribution < 1.29 is 13.9 Å². The second-order valence-electron chi connectivity index (χ2n) is 8.31. The van der Waals surface area contributed by atoms with Crippen LogP contribution in [-0.2, 0) is 11.3 Å². The molecule has 164 valence electrons. The van der Waals surface area contributed by atoms with E-state index in [4.69, 9.17) is 9.47 Å². The normalized spacial score (nSPS) is 16.9. The quantitative estimate of drug-likeness (QED) is 0.435. The van der Waals surface area contributed by atoms with Crippen LogP contribution >= 0.6 is 0 Å². The molecule has 0 saturated carbocycles. The molecule has 1 heterocycles. The van der Waals surface area contributed by atoms with E-state index in [1.807, 2.05) is 36.4 Å². The first-order valence-electron chi connectivity index (χ1n) is 11.5. The molecule has 0 spiro atoms. The highest BCUT2D eigenvalue weighted by atomic mass is 19.1. The number of hydrogen-bond donors (Lipinski definition) is 1. The number of nitrogens with one attached hydrogen (secondary N) is 1. The molecular formula is C26H36FNO2. The van der Waals surface area contributed by atoms with Crippen LogP contribution < -0.4 is 10.1 Å². The molecule has 1 fully saturated rings. The Morgan fingerprint density at radius 1 is 1.00 bits per heavy atom. The fraction of sp³-hybridized carbons (Fsp3) is 0.538. The van der Waals surface area contributed by atoms with Gasteiger partial charge in [0.05, 0.1) is 13.7 Å². The SMILES string of the molecule is COc1c(-c2ccccc2)ccc(COCCCCCCC2CCCCNC2)c1F. The molecule has 4 heteroatoms. The van der Waals surface area contributed by atoms with Crippen molar-refractivity contribution in [2.45, 2.75) is 58.0 Å². The van der Waals surface area contributed by atoms with E-state index in [1.54, 1.807) is 6.07 Å². The van der Waals surface area contributed by atoms with Crippen molar-refractivity contribution in [3.63, 3.8) is 0 Å². The molecule has 2 aromatic rings. The van der Waals surface area contributed by atoms with Crippen molar-refractivity contribution in [2.24, 2.45) is 5.92 Å². The van der Waals surface area contributed by atoms with Crippen LogP contribution in [0, 0.1) is 11.7 Å². The average molecular weight is 414 g/mol. The summed E-state index contributed by atoms with van der Waals surface area (Å²) in [5, 5.41) is 3.55. The maximum absolute atomic E-state index is 14.9. The zero-order valence-corrected chi connectivity index (χ0v) is 18.3. The van der Waals surface area contributed by atoms with Gasteiger partial charge in [-0.15, -0.1) is 0 Å². The molecule has 0 radical (unpaired) electrons. The molecule has 3 nitrogen and oxygen atoms in total. The van der Waals surface area contributed by atoms with Crippen LogP contribution in [0.5, 0.6) is 5.75 Å². The van der Waals surface area contributed by atoms with Gasteiger partial charge in [0, 0.05) is 17.7 Å². The van der Waals surface area contributed by atoms with Gasteiger partial charge >= 0.3 is 0 Å². The third kappa shape index (κ3) is 6.82. The van der Waals surface area contributed by atoms with Gasteiger partial charge in [-0.25, -0.2) is 4.39 Å². The molecule has 1 atom stereocenters. The minimum atomic E-state index is -0.323. The van der Waals surface area contributed by atoms with E-state index in [-0.39, 0.29) is 18.2 Å². The fourth-order valence-electron chi connectivity index (χ4n) is 4.26. The molecular weight excluding hydrogens is 377 g/mol. The van der Waals surface area contributed by atoms with E-state index < -0.39 is 0 Å². The largest absolute Gasteiger partial charge is 0.493 e. The molecule has 1 aliphatic heterocycles. The van der Waals surface area contributed by atoms with Crippen LogP contribution in [0.15, 0.2) is 42.5 Å². The minimum Gasteiger partial charge on any atom is -0.493 e. The summed E-state index contributed by atoms with van der Waals surface area (Å²) >= 11 is 0. The van der Waals surface area contributed by atoms with Crippen LogP contribution in [0.25, 0.3) is 11.1 Å². The smallest absolute Gasteiger partial charge is 0.171 e. The predicted molar refractivity (Wildman–Crippen MR) is 121 cm³/mol. The van der Waals surface area contributed by atoms with E-state index in [2.05, 4.69) is 5.32 Å². The number of unbranched alkanes of at least 4 members (excludes halogenated alkanes) is 3. The Balaban J connectivity index is 1.36. The van der Waals surface area contributed by atoms with E-state index >= 15 is 0 Å². The van der Waals surface area contributed by atoms with E-state index in [0.29, 0.717) is 12.2 Å². The van der Waals surface area contributed by atoms with Gasteiger partial charge < -0.3 is 14.8 Å². The number of benzene rings is 2. The Kier molecular flexibility index (Phi) is 9.65. The minimum absolute atomic E-state index is 0.283. The Labute approximate surface area is 181 Å². The van der Waals surface area contributed by atoms with Gasteiger partial charge in [0.2, 0.25) is 0 Å². The van der Waals surface area contributed by atoms with Crippen molar-refractivity contribution in [3.05, 3.63) is 53.8 Å². The van der Waals surface area contributed by atoms with Gasteiger partial charge in [-0.3, -0.25) is 0 Å². The van der Waals surface area contributed by atoms with E-state index in [9.17, 15) is 4.39 Å². The van der Waals surface area contributed by atoms with Crippen molar-refractivity contribution in [1.29, 1.82) is 0 Å². The van der Waals surface area contributed by atoms with E-state index in [0.717, 1.165) is 23.5 Å². The van der Waals surface area contributed by atoms with Crippen LogP contribution in [0.3, 0.4) is 0 Å². The summed E-state index contributed by atoms with van der Waals surface area (Å²) in [4.78, 5) is 0. The first-order valence-corrected chi connectivity index (χ1v) is 11.5. The fourth-order valence-corrected chi connectivity index (χ4v) is 4.26. The third-order valence-corrected chi connectivity index (χ3v) is 6.02. The standard InChI is InChI=1S/C26H36FNO2/c1-29-26-24(22-13-6-4-7-14-22)16-15-23(25(26)27)20-30-18-10-3-2-5-11-21-12-8-9-17-28-19-21/h4,6-7,13-16,21,28H,2-3,5,8-12,17-20H2,1H3. The topological polar surface area (TPSA) is 30.5 Å². The van der Waals surface area contributed by atoms with Crippen LogP contribution in [0.1, 0.15) is 56.9 Å². The van der Waals surface area contributed by atoms with Gasteiger partial charge in [-0.2, -0.15) is 0 Å². The first-order chi connectivity index (χ1) is 14.8. The highest BCUT2D eigenvalue weighted by Crippen LogP contribution is 2.34. The average Bonchev–Trinajstić information content (AvgIpc) is 3.05. The highest BCUT2D eigenvalue weighted by molar-refractivity contribution is 5.71. The van der Waals surface area contributed by atoms with Crippen molar-refractivity contribution in [3.8, 4) is 16.9 Å². The third-order valence-electron chi connectivity index (χ3n) is 6.02. The summed E-state index contributed by atoms with van der Waals surface area (Å²) < 4.78 is 26.0. The first kappa shape index (κ1) is 22.8. The van der Waals surface area contributed by atoms with Gasteiger partial charge in [-0.1, -0.05) is 68.1 Å². The molecule has 1 saturated heterocycles. The molecule has 1 N–H and O–H groups in total. The molecule has 1 aliphatic rings. The Morgan fingerprint density at radius 3 is 2.67 bits per heavy atom. The van der Waals surface area contributed by atoms with Crippen molar-refractivity contribution >= 4 is 0 Å². The van der Waals surface area contributed by atoms with Crippen LogP contribution in [0.4, 0.5) is 4.39 Å².